The van der Waals surface area contributed by atoms with Gasteiger partial charge < -0.3 is 10.6 Å². The van der Waals surface area contributed by atoms with Crippen molar-refractivity contribution in [3.05, 3.63) is 42.5 Å². The zero-order chi connectivity index (χ0) is 11.5. The molecular weight excluding hydrogens is 204 g/mol. The fourth-order valence-corrected chi connectivity index (χ4v) is 1.70. The first-order chi connectivity index (χ1) is 7.70. The third kappa shape index (κ3) is 1.95. The summed E-state index contributed by atoms with van der Waals surface area (Å²) in [6.07, 6.45) is 1.68. The van der Waals surface area contributed by atoms with Gasteiger partial charge in [0.05, 0.1) is 0 Å². The highest BCUT2D eigenvalue weighted by Gasteiger charge is 2.26. The average molecular weight is 216 g/mol. The normalized spacial score (nSPS) is 18.2. The number of fused-ring (bicyclic) bond motifs is 1. The molecule has 2 rings (SSSR count). The summed E-state index contributed by atoms with van der Waals surface area (Å²) in [6, 6.07) is 7.03. The number of carbonyl (C=O) groups is 2. The minimum atomic E-state index is -0.514. The van der Waals surface area contributed by atoms with Crippen LogP contribution in [0.25, 0.3) is 0 Å². The van der Waals surface area contributed by atoms with Gasteiger partial charge in [-0.3, -0.25) is 9.59 Å². The highest BCUT2D eigenvalue weighted by Crippen LogP contribution is 2.21. The Hall–Kier alpha value is -2.10. The molecule has 1 aliphatic rings. The van der Waals surface area contributed by atoms with Gasteiger partial charge in [-0.2, -0.15) is 0 Å². The molecule has 0 aliphatic carbocycles. The molecule has 16 heavy (non-hydrogen) atoms. The number of amides is 2. The Morgan fingerprint density at radius 1 is 1.50 bits per heavy atom. The second-order valence-corrected chi connectivity index (χ2v) is 3.62. The second-order valence-electron chi connectivity index (χ2n) is 3.62. The van der Waals surface area contributed by atoms with E-state index < -0.39 is 6.04 Å². The van der Waals surface area contributed by atoms with Crippen molar-refractivity contribution in [2.24, 2.45) is 0 Å². The lowest BCUT2D eigenvalue weighted by molar-refractivity contribution is -0.124. The van der Waals surface area contributed by atoms with E-state index in [0.29, 0.717) is 6.42 Å². The summed E-state index contributed by atoms with van der Waals surface area (Å²) in [5, 5.41) is 5.34. The minimum absolute atomic E-state index is 0.186. The van der Waals surface area contributed by atoms with E-state index in [4.69, 9.17) is 0 Å². The Labute approximate surface area is 93.3 Å². The van der Waals surface area contributed by atoms with E-state index in [9.17, 15) is 9.59 Å². The molecule has 1 aromatic carbocycles. The largest absolute Gasteiger partial charge is 0.340 e. The maximum atomic E-state index is 11.6. The SMILES string of the molecule is C=CC(=O)NC1Cc2ccccc2NC1=O. The molecule has 1 unspecified atom stereocenters. The lowest BCUT2D eigenvalue weighted by atomic mass is 9.99. The molecule has 4 heteroatoms. The lowest BCUT2D eigenvalue weighted by Crippen LogP contribution is -2.47. The molecule has 0 fully saturated rings. The second kappa shape index (κ2) is 4.18. The molecule has 4 nitrogen and oxygen atoms in total. The van der Waals surface area contributed by atoms with Crippen LogP contribution < -0.4 is 10.6 Å². The van der Waals surface area contributed by atoms with Crippen LogP contribution in [0.1, 0.15) is 5.56 Å². The maximum Gasteiger partial charge on any atom is 0.247 e. The molecule has 0 saturated heterocycles. The number of benzene rings is 1. The van der Waals surface area contributed by atoms with Gasteiger partial charge in [0.15, 0.2) is 0 Å². The van der Waals surface area contributed by atoms with Crippen molar-refractivity contribution in [3.63, 3.8) is 0 Å². The van der Waals surface area contributed by atoms with Gasteiger partial charge in [-0.15, -0.1) is 0 Å². The van der Waals surface area contributed by atoms with E-state index in [1.54, 1.807) is 0 Å². The van der Waals surface area contributed by atoms with Gasteiger partial charge in [-0.1, -0.05) is 24.8 Å². The van der Waals surface area contributed by atoms with E-state index in [2.05, 4.69) is 17.2 Å². The number of hydrogen-bond acceptors (Lipinski definition) is 2. The standard InChI is InChI=1S/C12H12N2O2/c1-2-11(15)13-10-7-8-5-3-4-6-9(8)14-12(10)16/h2-6,10H,1,7H2,(H,13,15)(H,14,16). The quantitative estimate of drug-likeness (QED) is 0.720. The Kier molecular flexibility index (Phi) is 2.72. The monoisotopic (exact) mass is 216 g/mol. The summed E-state index contributed by atoms with van der Waals surface area (Å²) in [6.45, 7) is 3.35. The van der Waals surface area contributed by atoms with Gasteiger partial charge in [0.25, 0.3) is 0 Å². The van der Waals surface area contributed by atoms with Crippen molar-refractivity contribution in [1.82, 2.24) is 5.32 Å². The Balaban J connectivity index is 2.18. The third-order valence-corrected chi connectivity index (χ3v) is 2.52. The zero-order valence-corrected chi connectivity index (χ0v) is 8.69. The molecule has 1 aromatic rings. The zero-order valence-electron chi connectivity index (χ0n) is 8.69. The smallest absolute Gasteiger partial charge is 0.247 e. The third-order valence-electron chi connectivity index (χ3n) is 2.52. The van der Waals surface area contributed by atoms with Crippen molar-refractivity contribution in [1.29, 1.82) is 0 Å². The van der Waals surface area contributed by atoms with Crippen molar-refractivity contribution in [2.45, 2.75) is 12.5 Å². The molecule has 0 bridgehead atoms. The van der Waals surface area contributed by atoms with Gasteiger partial charge in [0.1, 0.15) is 6.04 Å². The molecule has 0 spiro atoms. The van der Waals surface area contributed by atoms with Gasteiger partial charge >= 0.3 is 0 Å². The van der Waals surface area contributed by atoms with E-state index in [1.807, 2.05) is 24.3 Å². The number of nitrogens with one attached hydrogen (secondary N) is 2. The summed E-state index contributed by atoms with van der Waals surface area (Å²) < 4.78 is 0. The molecule has 2 N–H and O–H groups in total. The van der Waals surface area contributed by atoms with Crippen molar-refractivity contribution in [2.75, 3.05) is 5.32 Å². The summed E-state index contributed by atoms with van der Waals surface area (Å²) >= 11 is 0. The molecule has 2 amide bonds. The molecule has 0 radical (unpaired) electrons. The predicted octanol–water partition coefficient (Wildman–Crippen LogP) is 0.852. The first-order valence-corrected chi connectivity index (χ1v) is 5.02. The molecule has 1 aliphatic heterocycles. The van der Waals surface area contributed by atoms with E-state index in [0.717, 1.165) is 17.3 Å². The van der Waals surface area contributed by atoms with Gasteiger partial charge in [-0.05, 0) is 17.7 Å². The summed E-state index contributed by atoms with van der Waals surface area (Å²) in [5.41, 5.74) is 1.84. The fraction of sp³-hybridized carbons (Fsp3) is 0.167. The molecule has 82 valence electrons. The highest BCUT2D eigenvalue weighted by molar-refractivity contribution is 6.01. The van der Waals surface area contributed by atoms with Crippen LogP contribution in [0.15, 0.2) is 36.9 Å². The Morgan fingerprint density at radius 3 is 3.00 bits per heavy atom. The van der Waals surface area contributed by atoms with E-state index in [1.165, 1.54) is 0 Å². The van der Waals surface area contributed by atoms with Crippen molar-refractivity contribution >= 4 is 17.5 Å². The lowest BCUT2D eigenvalue weighted by Gasteiger charge is -2.24. The van der Waals surface area contributed by atoms with Crippen LogP contribution in [0.5, 0.6) is 0 Å². The van der Waals surface area contributed by atoms with Crippen LogP contribution in [0.2, 0.25) is 0 Å². The molecular formula is C12H12N2O2. The first-order valence-electron chi connectivity index (χ1n) is 5.02. The number of hydrogen-bond donors (Lipinski definition) is 2. The minimum Gasteiger partial charge on any atom is -0.340 e. The summed E-state index contributed by atoms with van der Waals surface area (Å²) in [4.78, 5) is 22.8. The summed E-state index contributed by atoms with van der Waals surface area (Å²) in [5.74, 6) is -0.520. The van der Waals surface area contributed by atoms with Crippen molar-refractivity contribution in [3.8, 4) is 0 Å². The average Bonchev–Trinajstić information content (AvgIpc) is 2.30. The number of para-hydroxylation sites is 1. The molecule has 0 saturated carbocycles. The van der Waals surface area contributed by atoms with Crippen LogP contribution >= 0.6 is 0 Å². The highest BCUT2D eigenvalue weighted by atomic mass is 16.2. The molecule has 1 heterocycles. The molecule has 1 atom stereocenters. The van der Waals surface area contributed by atoms with E-state index >= 15 is 0 Å². The summed E-state index contributed by atoms with van der Waals surface area (Å²) in [7, 11) is 0. The Bertz CT molecular complexity index is 454. The fourth-order valence-electron chi connectivity index (χ4n) is 1.70. The van der Waals surface area contributed by atoms with Crippen LogP contribution in [0.4, 0.5) is 5.69 Å². The number of rotatable bonds is 2. The van der Waals surface area contributed by atoms with Gasteiger partial charge in [0, 0.05) is 12.1 Å². The Morgan fingerprint density at radius 2 is 2.25 bits per heavy atom. The van der Waals surface area contributed by atoms with Crippen molar-refractivity contribution < 1.29 is 9.59 Å². The van der Waals surface area contributed by atoms with Crippen LogP contribution in [-0.2, 0) is 16.0 Å². The number of carbonyl (C=O) groups excluding carboxylic acids is 2. The van der Waals surface area contributed by atoms with Gasteiger partial charge in [0.2, 0.25) is 11.8 Å². The number of anilines is 1. The van der Waals surface area contributed by atoms with Gasteiger partial charge in [-0.25, -0.2) is 0 Å². The maximum absolute atomic E-state index is 11.6. The van der Waals surface area contributed by atoms with Crippen LogP contribution in [0.3, 0.4) is 0 Å². The first kappa shape index (κ1) is 10.4. The molecule has 0 aromatic heterocycles. The van der Waals surface area contributed by atoms with E-state index in [-0.39, 0.29) is 11.8 Å². The van der Waals surface area contributed by atoms with Crippen LogP contribution in [0, 0.1) is 0 Å². The van der Waals surface area contributed by atoms with Crippen LogP contribution in [-0.4, -0.2) is 17.9 Å². The topological polar surface area (TPSA) is 58.2 Å². The predicted molar refractivity (Wildman–Crippen MR) is 60.9 cm³/mol.